The summed E-state index contributed by atoms with van der Waals surface area (Å²) in [5.74, 6) is -2.23. The number of aromatic carboxylic acids is 1. The maximum Gasteiger partial charge on any atom is 0.403 e. The summed E-state index contributed by atoms with van der Waals surface area (Å²) in [4.78, 5) is 26.6. The van der Waals surface area contributed by atoms with Crippen molar-refractivity contribution in [2.45, 2.75) is 28.4 Å². The van der Waals surface area contributed by atoms with Crippen LogP contribution in [0.2, 0.25) is 0 Å². The van der Waals surface area contributed by atoms with Gasteiger partial charge in [0.1, 0.15) is 11.6 Å². The standard InChI is InChI=1S/C6H4FNO2.C6H6FNO.C3H5ClO2.2CH4/c7-5-1-4(6(9)10)2-8-3-5;7-6-1-5(4-9)2-8-3-6;1-2-6-3(4)5;;/h1-3H,(H,9,10);1-3,9H,4H2;2H2,1H3;2*1H4. The molecule has 2 aromatic heterocycles. The van der Waals surface area contributed by atoms with Gasteiger partial charge in [-0.05, 0) is 24.6 Å². The highest BCUT2D eigenvalue weighted by Crippen LogP contribution is 1.99. The van der Waals surface area contributed by atoms with Crippen LogP contribution in [0.25, 0.3) is 0 Å². The molecule has 2 rings (SSSR count). The summed E-state index contributed by atoms with van der Waals surface area (Å²) < 4.78 is 28.6. The predicted octanol–water partition coefficient (Wildman–Crippen LogP) is 4.29. The summed E-state index contributed by atoms with van der Waals surface area (Å²) in [6.45, 7) is 1.88. The maximum absolute atomic E-state index is 12.2. The number of aliphatic hydroxyl groups is 1. The summed E-state index contributed by atoms with van der Waals surface area (Å²) in [7, 11) is 0. The molecule has 0 aliphatic heterocycles. The zero-order valence-corrected chi connectivity index (χ0v) is 13.8. The summed E-state index contributed by atoms with van der Waals surface area (Å²) in [6.07, 6.45) is 4.56. The van der Waals surface area contributed by atoms with E-state index in [0.717, 1.165) is 24.7 Å². The highest BCUT2D eigenvalue weighted by molar-refractivity contribution is 6.61. The number of halogens is 3. The van der Waals surface area contributed by atoms with Crippen LogP contribution >= 0.6 is 11.6 Å². The van der Waals surface area contributed by atoms with Crippen molar-refractivity contribution in [2.75, 3.05) is 6.61 Å². The third kappa shape index (κ3) is 15.3. The van der Waals surface area contributed by atoms with Gasteiger partial charge in [0.15, 0.2) is 0 Å². The summed E-state index contributed by atoms with van der Waals surface area (Å²) >= 11 is 4.72. The number of carbonyl (C=O) groups excluding carboxylic acids is 1. The van der Waals surface area contributed by atoms with Crippen LogP contribution in [0.1, 0.15) is 37.7 Å². The molecule has 10 heteroatoms. The van der Waals surface area contributed by atoms with Crippen LogP contribution in [0.4, 0.5) is 13.6 Å². The zero-order valence-electron chi connectivity index (χ0n) is 13.0. The second-order valence-electron chi connectivity index (χ2n) is 4.04. The Morgan fingerprint density at radius 2 is 1.59 bits per heavy atom. The van der Waals surface area contributed by atoms with E-state index in [1.807, 2.05) is 0 Å². The first-order chi connectivity index (χ1) is 11.8. The third-order valence-corrected chi connectivity index (χ3v) is 2.26. The molecule has 0 saturated heterocycles. The SMILES string of the molecule is C.C.CCOC(=O)Cl.O=C(O)c1cncc(F)c1.OCc1cncc(F)c1. The molecule has 0 spiro atoms. The minimum atomic E-state index is -1.17. The largest absolute Gasteiger partial charge is 0.478 e. The van der Waals surface area contributed by atoms with Crippen LogP contribution in [-0.4, -0.2) is 38.2 Å². The van der Waals surface area contributed by atoms with E-state index in [2.05, 4.69) is 14.7 Å². The molecule has 2 aromatic rings. The van der Waals surface area contributed by atoms with Gasteiger partial charge in [-0.3, -0.25) is 9.97 Å². The van der Waals surface area contributed by atoms with Crippen molar-refractivity contribution in [2.24, 2.45) is 0 Å². The summed E-state index contributed by atoms with van der Waals surface area (Å²) in [5, 5.41) is 16.8. The minimum Gasteiger partial charge on any atom is -0.478 e. The van der Waals surface area contributed by atoms with Crippen molar-refractivity contribution in [3.63, 3.8) is 0 Å². The Labute approximate surface area is 161 Å². The molecule has 0 unspecified atom stereocenters. The lowest BCUT2D eigenvalue weighted by Gasteiger charge is -1.91. The van der Waals surface area contributed by atoms with Gasteiger partial charge in [0.05, 0.1) is 31.2 Å². The first-order valence-electron chi connectivity index (χ1n) is 6.66. The molecule has 0 saturated carbocycles. The van der Waals surface area contributed by atoms with Crippen molar-refractivity contribution in [1.82, 2.24) is 9.97 Å². The van der Waals surface area contributed by atoms with Crippen molar-refractivity contribution >= 4 is 23.0 Å². The molecule has 27 heavy (non-hydrogen) atoms. The average molecular weight is 409 g/mol. The van der Waals surface area contributed by atoms with Crippen LogP contribution in [0.15, 0.2) is 36.9 Å². The molecule has 0 bridgehead atoms. The molecule has 0 atom stereocenters. The molecule has 0 fully saturated rings. The lowest BCUT2D eigenvalue weighted by molar-refractivity contribution is 0.0695. The van der Waals surface area contributed by atoms with Crippen LogP contribution in [0, 0.1) is 11.6 Å². The van der Waals surface area contributed by atoms with Crippen LogP contribution in [0.3, 0.4) is 0 Å². The van der Waals surface area contributed by atoms with Gasteiger partial charge >= 0.3 is 11.4 Å². The number of carbonyl (C=O) groups is 2. The fourth-order valence-electron chi connectivity index (χ4n) is 1.18. The quantitative estimate of drug-likeness (QED) is 0.729. The minimum absolute atomic E-state index is 0. The predicted molar refractivity (Wildman–Crippen MR) is 97.6 cm³/mol. The monoisotopic (exact) mass is 408 g/mol. The van der Waals surface area contributed by atoms with Gasteiger partial charge in [0, 0.05) is 24.0 Å². The Bertz CT molecular complexity index is 690. The van der Waals surface area contributed by atoms with E-state index >= 15 is 0 Å². The number of ether oxygens (including phenoxy) is 1. The molecule has 2 N–H and O–H groups in total. The third-order valence-electron chi connectivity index (χ3n) is 2.15. The highest BCUT2D eigenvalue weighted by Gasteiger charge is 2.02. The first kappa shape index (κ1) is 29.1. The van der Waals surface area contributed by atoms with E-state index in [1.165, 1.54) is 12.3 Å². The Morgan fingerprint density at radius 1 is 1.07 bits per heavy atom. The fourth-order valence-corrected chi connectivity index (χ4v) is 1.29. The second-order valence-corrected chi connectivity index (χ2v) is 4.35. The molecular formula is C17H23ClF2N2O5. The molecule has 0 amide bonds. The number of carboxylic acids is 1. The van der Waals surface area contributed by atoms with Crippen molar-refractivity contribution in [1.29, 1.82) is 0 Å². The van der Waals surface area contributed by atoms with E-state index in [0.29, 0.717) is 12.2 Å². The number of aromatic nitrogens is 2. The first-order valence-corrected chi connectivity index (χ1v) is 7.04. The number of pyridine rings is 2. The summed E-state index contributed by atoms with van der Waals surface area (Å²) in [5.41, 5.74) is -0.382. The highest BCUT2D eigenvalue weighted by atomic mass is 35.5. The maximum atomic E-state index is 12.2. The molecule has 0 aliphatic rings. The molecule has 2 heterocycles. The Kier molecular flexibility index (Phi) is 18.1. The van der Waals surface area contributed by atoms with Crippen molar-refractivity contribution < 1.29 is 33.3 Å². The molecule has 0 radical (unpaired) electrons. The average Bonchev–Trinajstić information content (AvgIpc) is 2.56. The lowest BCUT2D eigenvalue weighted by Crippen LogP contribution is -1.97. The van der Waals surface area contributed by atoms with Gasteiger partial charge in [-0.15, -0.1) is 0 Å². The molecule has 152 valence electrons. The summed E-state index contributed by atoms with van der Waals surface area (Å²) in [6, 6.07) is 2.16. The van der Waals surface area contributed by atoms with Crippen LogP contribution in [0.5, 0.6) is 0 Å². The van der Waals surface area contributed by atoms with E-state index in [4.69, 9.17) is 21.8 Å². The van der Waals surface area contributed by atoms with Crippen molar-refractivity contribution in [3.05, 3.63) is 59.7 Å². The molecule has 0 aromatic carbocycles. The number of hydrogen-bond donors (Lipinski definition) is 2. The van der Waals surface area contributed by atoms with Gasteiger partial charge < -0.3 is 14.9 Å². The smallest absolute Gasteiger partial charge is 0.403 e. The normalized spacial score (nSPS) is 8.33. The zero-order chi connectivity index (χ0) is 19.2. The Morgan fingerprint density at radius 3 is 1.85 bits per heavy atom. The van der Waals surface area contributed by atoms with Gasteiger partial charge in [-0.2, -0.15) is 0 Å². The Hall–Kier alpha value is -2.65. The van der Waals surface area contributed by atoms with Gasteiger partial charge in [0.2, 0.25) is 0 Å². The molecular weight excluding hydrogens is 386 g/mol. The number of nitrogens with zero attached hydrogens (tertiary/aromatic N) is 2. The molecule has 7 nitrogen and oxygen atoms in total. The van der Waals surface area contributed by atoms with Crippen LogP contribution < -0.4 is 0 Å². The topological polar surface area (TPSA) is 110 Å². The second kappa shape index (κ2) is 16.8. The molecule has 0 aliphatic carbocycles. The van der Waals surface area contributed by atoms with Gasteiger partial charge in [-0.1, -0.05) is 14.9 Å². The van der Waals surface area contributed by atoms with Crippen LogP contribution in [-0.2, 0) is 11.3 Å². The number of hydrogen-bond acceptors (Lipinski definition) is 6. The number of carboxylic acid groups (broad SMARTS) is 1. The van der Waals surface area contributed by atoms with Crippen molar-refractivity contribution in [3.8, 4) is 0 Å². The van der Waals surface area contributed by atoms with Gasteiger partial charge in [-0.25, -0.2) is 18.4 Å². The van der Waals surface area contributed by atoms with E-state index < -0.39 is 23.0 Å². The van der Waals surface area contributed by atoms with E-state index in [-0.39, 0.29) is 27.0 Å². The Balaban J connectivity index is -0.000000318. The van der Waals surface area contributed by atoms with E-state index in [1.54, 1.807) is 6.92 Å². The van der Waals surface area contributed by atoms with Gasteiger partial charge in [0.25, 0.3) is 0 Å². The lowest BCUT2D eigenvalue weighted by atomic mass is 10.3. The fraction of sp³-hybridized carbons (Fsp3) is 0.294. The van der Waals surface area contributed by atoms with E-state index in [9.17, 15) is 18.4 Å². The number of rotatable bonds is 3. The number of aliphatic hydroxyl groups excluding tert-OH is 1.